The van der Waals surface area contributed by atoms with Crippen molar-refractivity contribution in [1.82, 2.24) is 20.5 Å². The van der Waals surface area contributed by atoms with Crippen molar-refractivity contribution >= 4 is 33.9 Å². The number of aromatic nitrogens is 3. The predicted molar refractivity (Wildman–Crippen MR) is 80.6 cm³/mol. The summed E-state index contributed by atoms with van der Waals surface area (Å²) in [7, 11) is 0. The first-order valence-corrected chi connectivity index (χ1v) is 8.03. The summed E-state index contributed by atoms with van der Waals surface area (Å²) in [6.45, 7) is 2.13. The van der Waals surface area contributed by atoms with Gasteiger partial charge in [-0.25, -0.2) is 4.98 Å². The summed E-state index contributed by atoms with van der Waals surface area (Å²) in [5, 5.41) is 10.5. The zero-order chi connectivity index (χ0) is 12.5. The van der Waals surface area contributed by atoms with Gasteiger partial charge in [0.05, 0.1) is 8.93 Å². The third kappa shape index (κ3) is 2.46. The Morgan fingerprint density at radius 3 is 3.28 bits per heavy atom. The Morgan fingerprint density at radius 2 is 2.50 bits per heavy atom. The fraction of sp³-hybridized carbons (Fsp3) is 0.500. The first kappa shape index (κ1) is 12.6. The molecular weight excluding hydrogens is 359 g/mol. The monoisotopic (exact) mass is 374 g/mol. The van der Waals surface area contributed by atoms with Crippen molar-refractivity contribution in [3.63, 3.8) is 0 Å². The Morgan fingerprint density at radius 1 is 1.61 bits per heavy atom. The molecule has 4 nitrogen and oxygen atoms in total. The van der Waals surface area contributed by atoms with Crippen LogP contribution in [-0.4, -0.2) is 15.2 Å². The molecule has 0 amide bonds. The number of hydrogen-bond acceptors (Lipinski definition) is 4. The molecule has 0 bridgehead atoms. The van der Waals surface area contributed by atoms with E-state index in [0.29, 0.717) is 6.04 Å². The van der Waals surface area contributed by atoms with Crippen molar-refractivity contribution < 1.29 is 0 Å². The number of H-pyrrole nitrogens is 1. The van der Waals surface area contributed by atoms with E-state index >= 15 is 0 Å². The topological polar surface area (TPSA) is 53.6 Å². The molecule has 2 heterocycles. The molecule has 0 saturated heterocycles. The lowest BCUT2D eigenvalue weighted by molar-refractivity contribution is 0.409. The summed E-state index contributed by atoms with van der Waals surface area (Å²) in [6, 6.07) is 2.99. The molecule has 0 aromatic carbocycles. The summed E-state index contributed by atoms with van der Waals surface area (Å²) in [5.74, 6) is 0.909. The van der Waals surface area contributed by atoms with Gasteiger partial charge in [0.2, 0.25) is 0 Å². The van der Waals surface area contributed by atoms with Gasteiger partial charge in [-0.05, 0) is 60.4 Å². The molecule has 3 rings (SSSR count). The van der Waals surface area contributed by atoms with Crippen LogP contribution in [0.2, 0.25) is 0 Å². The Bertz CT molecular complexity index is 522. The number of hydrogen-bond donors (Lipinski definition) is 2. The zero-order valence-electron chi connectivity index (χ0n) is 10.1. The van der Waals surface area contributed by atoms with Crippen molar-refractivity contribution in [2.24, 2.45) is 0 Å². The molecule has 0 spiro atoms. The molecule has 18 heavy (non-hydrogen) atoms. The van der Waals surface area contributed by atoms with Crippen molar-refractivity contribution in [3.05, 3.63) is 31.5 Å². The second kappa shape index (κ2) is 5.26. The minimum atomic E-state index is 0.209. The molecule has 2 N–H and O–H groups in total. The summed E-state index contributed by atoms with van der Waals surface area (Å²) in [4.78, 5) is 5.76. The molecule has 0 radical (unpaired) electrons. The summed E-state index contributed by atoms with van der Waals surface area (Å²) in [5.41, 5.74) is 1.49. The zero-order valence-corrected chi connectivity index (χ0v) is 13.1. The van der Waals surface area contributed by atoms with Crippen LogP contribution in [-0.2, 0) is 6.42 Å². The average Bonchev–Trinajstić information content (AvgIpc) is 2.96. The maximum Gasteiger partial charge on any atom is 0.141 e. The minimum absolute atomic E-state index is 0.209. The molecule has 1 aliphatic rings. The van der Waals surface area contributed by atoms with Crippen LogP contribution in [0, 0.1) is 2.88 Å². The summed E-state index contributed by atoms with van der Waals surface area (Å²) >= 11 is 4.35. The number of aryl methyl sites for hydroxylation is 1. The van der Waals surface area contributed by atoms with Gasteiger partial charge in [0.15, 0.2) is 0 Å². The summed E-state index contributed by atoms with van der Waals surface area (Å²) in [6.07, 6.45) is 5.27. The fourth-order valence-electron chi connectivity index (χ4n) is 2.50. The van der Waals surface area contributed by atoms with Crippen molar-refractivity contribution in [1.29, 1.82) is 0 Å². The summed E-state index contributed by atoms with van der Waals surface area (Å²) < 4.78 is 1.39. The van der Waals surface area contributed by atoms with Crippen LogP contribution in [0.25, 0.3) is 0 Å². The fourth-order valence-corrected chi connectivity index (χ4v) is 4.62. The lowest BCUT2D eigenvalue weighted by atomic mass is 9.93. The highest BCUT2D eigenvalue weighted by Crippen LogP contribution is 2.37. The second-order valence-electron chi connectivity index (χ2n) is 4.63. The number of nitrogens with one attached hydrogen (secondary N) is 2. The highest BCUT2D eigenvalue weighted by Gasteiger charge is 2.24. The van der Waals surface area contributed by atoms with E-state index in [2.05, 4.69) is 56.1 Å². The van der Waals surface area contributed by atoms with E-state index in [9.17, 15) is 0 Å². The van der Waals surface area contributed by atoms with E-state index < -0.39 is 0 Å². The second-order valence-corrected chi connectivity index (χ2v) is 7.66. The van der Waals surface area contributed by atoms with Crippen LogP contribution < -0.4 is 5.32 Å². The van der Waals surface area contributed by atoms with Crippen LogP contribution in [0.4, 0.5) is 0 Å². The molecule has 2 unspecified atom stereocenters. The van der Waals surface area contributed by atoms with E-state index in [0.717, 1.165) is 5.82 Å². The van der Waals surface area contributed by atoms with Crippen molar-refractivity contribution in [3.8, 4) is 0 Å². The van der Waals surface area contributed by atoms with E-state index in [1.807, 2.05) is 11.3 Å². The van der Waals surface area contributed by atoms with Gasteiger partial charge in [-0.3, -0.25) is 5.10 Å². The SMILES string of the molecule is CC(NC1CCCc2sc(I)cc21)c1ncn[nH]1. The molecule has 2 aromatic heterocycles. The lowest BCUT2D eigenvalue weighted by Crippen LogP contribution is -2.27. The van der Waals surface area contributed by atoms with E-state index in [1.165, 1.54) is 27.7 Å². The molecular formula is C12H15IN4S. The lowest BCUT2D eigenvalue weighted by Gasteiger charge is -2.26. The van der Waals surface area contributed by atoms with E-state index in [4.69, 9.17) is 0 Å². The number of aromatic amines is 1. The van der Waals surface area contributed by atoms with Gasteiger partial charge in [0, 0.05) is 10.9 Å². The normalized spacial score (nSPS) is 20.7. The van der Waals surface area contributed by atoms with Gasteiger partial charge >= 0.3 is 0 Å². The molecule has 6 heteroatoms. The number of fused-ring (bicyclic) bond motifs is 1. The number of rotatable bonds is 3. The first-order chi connectivity index (χ1) is 8.74. The number of thiophene rings is 1. The maximum absolute atomic E-state index is 4.21. The predicted octanol–water partition coefficient (Wildman–Crippen LogP) is 3.20. The maximum atomic E-state index is 4.21. The Balaban J connectivity index is 1.78. The van der Waals surface area contributed by atoms with Crippen molar-refractivity contribution in [2.45, 2.75) is 38.3 Å². The highest BCUT2D eigenvalue weighted by molar-refractivity contribution is 14.1. The molecule has 1 aliphatic carbocycles. The third-order valence-electron chi connectivity index (χ3n) is 3.38. The standard InChI is InChI=1S/C12H15IN4S/c1-7(12-14-6-15-17-12)16-9-3-2-4-10-8(9)5-11(13)18-10/h5-7,9,16H,2-4H2,1H3,(H,14,15,17). The van der Waals surface area contributed by atoms with Gasteiger partial charge < -0.3 is 5.32 Å². The average molecular weight is 374 g/mol. The third-order valence-corrected chi connectivity index (χ3v) is 5.35. The quantitative estimate of drug-likeness (QED) is 0.812. The van der Waals surface area contributed by atoms with Gasteiger partial charge in [-0.15, -0.1) is 11.3 Å². The van der Waals surface area contributed by atoms with Gasteiger partial charge in [0.25, 0.3) is 0 Å². The largest absolute Gasteiger partial charge is 0.301 e. The Kier molecular flexibility index (Phi) is 3.67. The first-order valence-electron chi connectivity index (χ1n) is 6.13. The highest BCUT2D eigenvalue weighted by atomic mass is 127. The molecule has 0 aliphatic heterocycles. The van der Waals surface area contributed by atoms with Gasteiger partial charge in [0.1, 0.15) is 12.2 Å². The van der Waals surface area contributed by atoms with Crippen LogP contribution in [0.15, 0.2) is 12.4 Å². The molecule has 0 saturated carbocycles. The van der Waals surface area contributed by atoms with Crippen LogP contribution in [0.5, 0.6) is 0 Å². The van der Waals surface area contributed by atoms with Crippen LogP contribution in [0.1, 0.15) is 48.1 Å². The number of nitrogens with zero attached hydrogens (tertiary/aromatic N) is 2. The smallest absolute Gasteiger partial charge is 0.141 e. The molecule has 96 valence electrons. The number of halogens is 1. The Labute approximate surface area is 124 Å². The van der Waals surface area contributed by atoms with E-state index in [1.54, 1.807) is 11.2 Å². The van der Waals surface area contributed by atoms with Gasteiger partial charge in [-0.2, -0.15) is 5.10 Å². The Hall–Kier alpha value is -0.470. The van der Waals surface area contributed by atoms with Crippen LogP contribution >= 0.6 is 33.9 Å². The van der Waals surface area contributed by atoms with Crippen LogP contribution in [0.3, 0.4) is 0 Å². The molecule has 2 atom stereocenters. The minimum Gasteiger partial charge on any atom is -0.301 e. The molecule has 0 fully saturated rings. The van der Waals surface area contributed by atoms with Gasteiger partial charge in [-0.1, -0.05) is 0 Å². The van der Waals surface area contributed by atoms with E-state index in [-0.39, 0.29) is 6.04 Å². The van der Waals surface area contributed by atoms with Crippen molar-refractivity contribution in [2.75, 3.05) is 0 Å². The molecule has 2 aromatic rings.